The van der Waals surface area contributed by atoms with E-state index in [9.17, 15) is 4.79 Å². The minimum absolute atomic E-state index is 0.0200. The van der Waals surface area contributed by atoms with Gasteiger partial charge in [0.1, 0.15) is 6.04 Å². The standard InChI is InChI=1S/C9H15N3O2/c1-5(2)8(13)10-6(3)9-11-7(4)12-14-9/h5-6H,1-4H3,(H,10,13). The van der Waals surface area contributed by atoms with Gasteiger partial charge in [0, 0.05) is 5.92 Å². The van der Waals surface area contributed by atoms with Crippen LogP contribution in [0.2, 0.25) is 0 Å². The van der Waals surface area contributed by atoms with Gasteiger partial charge in [0.2, 0.25) is 11.8 Å². The van der Waals surface area contributed by atoms with Gasteiger partial charge in [-0.3, -0.25) is 4.79 Å². The van der Waals surface area contributed by atoms with Crippen molar-refractivity contribution in [1.29, 1.82) is 0 Å². The van der Waals surface area contributed by atoms with Crippen LogP contribution < -0.4 is 5.32 Å². The Morgan fingerprint density at radius 1 is 1.43 bits per heavy atom. The van der Waals surface area contributed by atoms with Crippen molar-refractivity contribution in [2.45, 2.75) is 33.7 Å². The molecule has 0 saturated heterocycles. The Bertz CT molecular complexity index is 320. The Balaban J connectivity index is 2.59. The Morgan fingerprint density at radius 2 is 2.07 bits per heavy atom. The molecule has 1 aromatic rings. The topological polar surface area (TPSA) is 68.0 Å². The third-order valence-corrected chi connectivity index (χ3v) is 1.80. The van der Waals surface area contributed by atoms with Crippen LogP contribution in [-0.4, -0.2) is 16.0 Å². The van der Waals surface area contributed by atoms with Crippen LogP contribution in [0.15, 0.2) is 4.52 Å². The lowest BCUT2D eigenvalue weighted by atomic mass is 10.2. The number of rotatable bonds is 3. The van der Waals surface area contributed by atoms with Gasteiger partial charge < -0.3 is 9.84 Å². The monoisotopic (exact) mass is 197 g/mol. The van der Waals surface area contributed by atoms with Crippen molar-refractivity contribution >= 4 is 5.91 Å². The lowest BCUT2D eigenvalue weighted by Gasteiger charge is -2.11. The van der Waals surface area contributed by atoms with Crippen molar-refractivity contribution in [3.8, 4) is 0 Å². The molecule has 0 aliphatic heterocycles. The minimum Gasteiger partial charge on any atom is -0.344 e. The highest BCUT2D eigenvalue weighted by molar-refractivity contribution is 5.78. The zero-order chi connectivity index (χ0) is 10.7. The molecule has 14 heavy (non-hydrogen) atoms. The first kappa shape index (κ1) is 10.7. The normalized spacial score (nSPS) is 12.9. The second kappa shape index (κ2) is 4.21. The predicted octanol–water partition coefficient (Wildman–Crippen LogP) is 1.21. The summed E-state index contributed by atoms with van der Waals surface area (Å²) in [6, 6.07) is -0.230. The van der Waals surface area contributed by atoms with Crippen molar-refractivity contribution in [2.24, 2.45) is 5.92 Å². The van der Waals surface area contributed by atoms with Gasteiger partial charge in [-0.05, 0) is 13.8 Å². The molecule has 5 nitrogen and oxygen atoms in total. The van der Waals surface area contributed by atoms with Gasteiger partial charge in [0.15, 0.2) is 5.82 Å². The number of nitrogens with one attached hydrogen (secondary N) is 1. The van der Waals surface area contributed by atoms with E-state index in [4.69, 9.17) is 4.52 Å². The molecular weight excluding hydrogens is 182 g/mol. The molecule has 1 amide bonds. The molecule has 1 rings (SSSR count). The molecule has 1 atom stereocenters. The molecule has 1 heterocycles. The fourth-order valence-corrected chi connectivity index (χ4v) is 0.931. The van der Waals surface area contributed by atoms with E-state index in [1.807, 2.05) is 20.8 Å². The summed E-state index contributed by atoms with van der Waals surface area (Å²) in [5, 5.41) is 6.43. The van der Waals surface area contributed by atoms with Gasteiger partial charge in [0.25, 0.3) is 0 Å². The maximum absolute atomic E-state index is 11.3. The van der Waals surface area contributed by atoms with Crippen LogP contribution in [0.3, 0.4) is 0 Å². The van der Waals surface area contributed by atoms with Crippen LogP contribution in [0.1, 0.15) is 38.5 Å². The summed E-state index contributed by atoms with van der Waals surface area (Å²) in [5.41, 5.74) is 0. The average molecular weight is 197 g/mol. The van der Waals surface area contributed by atoms with Crippen LogP contribution in [0.4, 0.5) is 0 Å². The number of aromatic nitrogens is 2. The van der Waals surface area contributed by atoms with E-state index in [2.05, 4.69) is 15.5 Å². The van der Waals surface area contributed by atoms with E-state index in [-0.39, 0.29) is 17.9 Å². The van der Waals surface area contributed by atoms with Crippen molar-refractivity contribution in [2.75, 3.05) is 0 Å². The number of hydrogen-bond acceptors (Lipinski definition) is 4. The van der Waals surface area contributed by atoms with E-state index >= 15 is 0 Å². The molecular formula is C9H15N3O2. The van der Waals surface area contributed by atoms with Crippen molar-refractivity contribution in [1.82, 2.24) is 15.5 Å². The summed E-state index contributed by atoms with van der Waals surface area (Å²) >= 11 is 0. The van der Waals surface area contributed by atoms with Crippen molar-refractivity contribution in [3.05, 3.63) is 11.7 Å². The summed E-state index contributed by atoms with van der Waals surface area (Å²) in [6.07, 6.45) is 0. The van der Waals surface area contributed by atoms with Gasteiger partial charge in [-0.25, -0.2) is 0 Å². The van der Waals surface area contributed by atoms with Crippen LogP contribution in [0.25, 0.3) is 0 Å². The summed E-state index contributed by atoms with van der Waals surface area (Å²) < 4.78 is 4.93. The van der Waals surface area contributed by atoms with Gasteiger partial charge in [0.05, 0.1) is 0 Å². The summed E-state index contributed by atoms with van der Waals surface area (Å²) in [5.74, 6) is 0.956. The number of carbonyl (C=O) groups excluding carboxylic acids is 1. The number of nitrogens with zero attached hydrogens (tertiary/aromatic N) is 2. The fourth-order valence-electron chi connectivity index (χ4n) is 0.931. The molecule has 1 unspecified atom stereocenters. The fraction of sp³-hybridized carbons (Fsp3) is 0.667. The highest BCUT2D eigenvalue weighted by Crippen LogP contribution is 2.09. The third-order valence-electron chi connectivity index (χ3n) is 1.80. The first-order valence-corrected chi connectivity index (χ1v) is 4.61. The number of carbonyl (C=O) groups is 1. The molecule has 0 aliphatic rings. The van der Waals surface area contributed by atoms with Crippen molar-refractivity contribution in [3.63, 3.8) is 0 Å². The largest absolute Gasteiger partial charge is 0.344 e. The Labute approximate surface area is 82.9 Å². The SMILES string of the molecule is Cc1noc(C(C)NC(=O)C(C)C)n1. The molecule has 0 radical (unpaired) electrons. The lowest BCUT2D eigenvalue weighted by molar-refractivity contribution is -0.124. The Morgan fingerprint density at radius 3 is 2.50 bits per heavy atom. The van der Waals surface area contributed by atoms with Gasteiger partial charge >= 0.3 is 0 Å². The van der Waals surface area contributed by atoms with Gasteiger partial charge in [-0.2, -0.15) is 4.98 Å². The maximum Gasteiger partial charge on any atom is 0.248 e. The van der Waals surface area contributed by atoms with Crippen LogP contribution >= 0.6 is 0 Å². The molecule has 0 bridgehead atoms. The average Bonchev–Trinajstić information content (AvgIpc) is 2.51. The molecule has 78 valence electrons. The highest BCUT2D eigenvalue weighted by atomic mass is 16.5. The van der Waals surface area contributed by atoms with Gasteiger partial charge in [-0.1, -0.05) is 19.0 Å². The van der Waals surface area contributed by atoms with E-state index in [1.165, 1.54) is 0 Å². The minimum atomic E-state index is -0.230. The van der Waals surface area contributed by atoms with E-state index in [0.29, 0.717) is 11.7 Å². The van der Waals surface area contributed by atoms with E-state index < -0.39 is 0 Å². The molecule has 0 aliphatic carbocycles. The first-order chi connectivity index (χ1) is 6.50. The zero-order valence-electron chi connectivity index (χ0n) is 8.87. The van der Waals surface area contributed by atoms with E-state index in [1.54, 1.807) is 6.92 Å². The summed E-state index contributed by atoms with van der Waals surface area (Å²) in [6.45, 7) is 7.22. The van der Waals surface area contributed by atoms with E-state index in [0.717, 1.165) is 0 Å². The van der Waals surface area contributed by atoms with Crippen LogP contribution in [0, 0.1) is 12.8 Å². The number of amides is 1. The second-order valence-electron chi connectivity index (χ2n) is 3.56. The molecule has 0 aromatic carbocycles. The van der Waals surface area contributed by atoms with Crippen LogP contribution in [0.5, 0.6) is 0 Å². The van der Waals surface area contributed by atoms with Gasteiger partial charge in [-0.15, -0.1) is 0 Å². The Hall–Kier alpha value is -1.39. The van der Waals surface area contributed by atoms with Crippen molar-refractivity contribution < 1.29 is 9.32 Å². The molecule has 0 saturated carbocycles. The molecule has 1 N–H and O–H groups in total. The second-order valence-corrected chi connectivity index (χ2v) is 3.56. The molecule has 0 fully saturated rings. The molecule has 1 aromatic heterocycles. The lowest BCUT2D eigenvalue weighted by Crippen LogP contribution is -2.30. The predicted molar refractivity (Wildman–Crippen MR) is 50.4 cm³/mol. The Kier molecular flexibility index (Phi) is 3.22. The third kappa shape index (κ3) is 2.55. The highest BCUT2D eigenvalue weighted by Gasteiger charge is 2.16. The maximum atomic E-state index is 11.3. The quantitative estimate of drug-likeness (QED) is 0.790. The molecule has 5 heteroatoms. The zero-order valence-corrected chi connectivity index (χ0v) is 8.87. The number of aryl methyl sites for hydroxylation is 1. The smallest absolute Gasteiger partial charge is 0.248 e. The summed E-state index contributed by atoms with van der Waals surface area (Å²) in [7, 11) is 0. The summed E-state index contributed by atoms with van der Waals surface area (Å²) in [4.78, 5) is 15.4. The van der Waals surface area contributed by atoms with Crippen LogP contribution in [-0.2, 0) is 4.79 Å². The molecule has 0 spiro atoms. The number of hydrogen-bond donors (Lipinski definition) is 1. The first-order valence-electron chi connectivity index (χ1n) is 4.61.